The molecule has 1 heteroatoms. The molecule has 380 valence electrons. The largest absolute Gasteiger partial charge is 0.114 e. The van der Waals surface area contributed by atoms with E-state index >= 15 is 0 Å². The second-order valence-corrected chi connectivity index (χ2v) is 20.9. The Labute approximate surface area is 477 Å². The standard InChI is InChI=1S/6C13H10.BrH/c6*1-3-7-12-10(5-1)9-11-6-2-4-8-13(11)12;/h6*1-8H,9H2;1H. The molecule has 0 N–H and O–H groups in total. The molecule has 0 bridgehead atoms. The predicted molar refractivity (Wildman–Crippen MR) is 338 cm³/mol. The number of benzene rings is 12. The van der Waals surface area contributed by atoms with Crippen molar-refractivity contribution in [2.24, 2.45) is 0 Å². The summed E-state index contributed by atoms with van der Waals surface area (Å²) in [5.74, 6) is 0. The van der Waals surface area contributed by atoms with Crippen LogP contribution >= 0.6 is 17.0 Å². The Morgan fingerprint density at radius 3 is 0.278 bits per heavy atom. The summed E-state index contributed by atoms with van der Waals surface area (Å²) in [6, 6.07) is 104. The van der Waals surface area contributed by atoms with Gasteiger partial charge in [-0.3, -0.25) is 0 Å². The summed E-state index contributed by atoms with van der Waals surface area (Å²) < 4.78 is 0. The molecule has 79 heavy (non-hydrogen) atoms. The molecule has 0 spiro atoms. The van der Waals surface area contributed by atoms with Gasteiger partial charge in [-0.05, 0) is 172 Å². The Hall–Kier alpha value is -8.88. The Balaban J connectivity index is 0.0000000944. The van der Waals surface area contributed by atoms with E-state index in [1.165, 1.54) is 134 Å². The van der Waals surface area contributed by atoms with Gasteiger partial charge in [0.2, 0.25) is 0 Å². The van der Waals surface area contributed by atoms with E-state index in [1.54, 1.807) is 0 Å². The van der Waals surface area contributed by atoms with E-state index in [9.17, 15) is 0 Å². The molecule has 0 aromatic heterocycles. The van der Waals surface area contributed by atoms with Crippen LogP contribution in [-0.2, 0) is 38.5 Å². The summed E-state index contributed by atoms with van der Waals surface area (Å²) in [5.41, 5.74) is 34.5. The fourth-order valence-corrected chi connectivity index (χ4v) is 12.5. The van der Waals surface area contributed by atoms with Crippen molar-refractivity contribution < 1.29 is 0 Å². The zero-order valence-corrected chi connectivity index (χ0v) is 46.1. The second-order valence-electron chi connectivity index (χ2n) is 20.9. The summed E-state index contributed by atoms with van der Waals surface area (Å²) in [6.45, 7) is 0. The quantitative estimate of drug-likeness (QED) is 0.142. The molecular weight excluding hydrogens is 1020 g/mol. The van der Waals surface area contributed by atoms with Crippen LogP contribution in [0.25, 0.3) is 66.8 Å². The number of hydrogen-bond acceptors (Lipinski definition) is 0. The third-order valence-corrected chi connectivity index (χ3v) is 16.2. The van der Waals surface area contributed by atoms with Crippen LogP contribution in [-0.4, -0.2) is 0 Å². The first-order chi connectivity index (χ1) is 38.7. The Morgan fingerprint density at radius 1 is 0.114 bits per heavy atom. The van der Waals surface area contributed by atoms with Crippen molar-refractivity contribution in [3.63, 3.8) is 0 Å². The maximum Gasteiger partial charge on any atom is -0.00135 e. The molecule has 18 rings (SSSR count). The van der Waals surface area contributed by atoms with Crippen molar-refractivity contribution in [3.8, 4) is 66.8 Å². The summed E-state index contributed by atoms with van der Waals surface area (Å²) in [4.78, 5) is 0. The third kappa shape index (κ3) is 10.6. The number of fused-ring (bicyclic) bond motifs is 18. The fraction of sp³-hybridized carbons (Fsp3) is 0.0769. The second kappa shape index (κ2) is 23.4. The van der Waals surface area contributed by atoms with Gasteiger partial charge in [-0.15, -0.1) is 17.0 Å². The van der Waals surface area contributed by atoms with Crippen LogP contribution in [0.15, 0.2) is 291 Å². The van der Waals surface area contributed by atoms with E-state index in [4.69, 9.17) is 0 Å². The maximum absolute atomic E-state index is 2.22. The molecule has 0 saturated carbocycles. The average Bonchev–Trinajstić information content (AvgIpc) is 4.45. The van der Waals surface area contributed by atoms with Crippen LogP contribution in [0.2, 0.25) is 0 Å². The normalized spacial score (nSPS) is 12.2. The van der Waals surface area contributed by atoms with E-state index in [-0.39, 0.29) is 17.0 Å². The van der Waals surface area contributed by atoms with E-state index in [0.29, 0.717) is 0 Å². The summed E-state index contributed by atoms with van der Waals surface area (Å²) in [6.07, 6.45) is 6.62. The maximum atomic E-state index is 2.22. The molecule has 0 heterocycles. The molecule has 0 atom stereocenters. The highest BCUT2D eigenvalue weighted by atomic mass is 79.9. The van der Waals surface area contributed by atoms with Gasteiger partial charge >= 0.3 is 0 Å². The van der Waals surface area contributed by atoms with Gasteiger partial charge in [0.1, 0.15) is 0 Å². The lowest BCUT2D eigenvalue weighted by molar-refractivity contribution is 1.26. The molecule has 6 aliphatic rings. The van der Waals surface area contributed by atoms with Gasteiger partial charge in [0.15, 0.2) is 0 Å². The van der Waals surface area contributed by atoms with E-state index in [1.807, 2.05) is 0 Å². The van der Waals surface area contributed by atoms with Crippen LogP contribution in [0.4, 0.5) is 0 Å². The highest BCUT2D eigenvalue weighted by Crippen LogP contribution is 2.40. The lowest BCUT2D eigenvalue weighted by Crippen LogP contribution is -1.77. The Bertz CT molecular complexity index is 3170. The summed E-state index contributed by atoms with van der Waals surface area (Å²) in [7, 11) is 0. The first kappa shape index (κ1) is 50.9. The molecule has 0 radical (unpaired) electrons. The van der Waals surface area contributed by atoms with Gasteiger partial charge < -0.3 is 0 Å². The number of halogens is 1. The Kier molecular flexibility index (Phi) is 15.1. The van der Waals surface area contributed by atoms with Gasteiger partial charge in [0, 0.05) is 0 Å². The lowest BCUT2D eigenvalue weighted by Gasteiger charge is -1.98. The topological polar surface area (TPSA) is 0 Å². The van der Waals surface area contributed by atoms with Gasteiger partial charge in [0.05, 0.1) is 0 Å². The fourth-order valence-electron chi connectivity index (χ4n) is 12.5. The zero-order chi connectivity index (χ0) is 52.0. The van der Waals surface area contributed by atoms with Crippen molar-refractivity contribution in [3.05, 3.63) is 358 Å². The lowest BCUT2D eigenvalue weighted by atomic mass is 10.1. The van der Waals surface area contributed by atoms with Crippen molar-refractivity contribution in [2.75, 3.05) is 0 Å². The van der Waals surface area contributed by atoms with Crippen LogP contribution in [0.5, 0.6) is 0 Å². The smallest absolute Gasteiger partial charge is 0.00135 e. The molecule has 0 amide bonds. The van der Waals surface area contributed by atoms with Gasteiger partial charge in [0.25, 0.3) is 0 Å². The van der Waals surface area contributed by atoms with Gasteiger partial charge in [-0.2, -0.15) is 0 Å². The van der Waals surface area contributed by atoms with Gasteiger partial charge in [-0.25, -0.2) is 0 Å². The van der Waals surface area contributed by atoms with E-state index in [0.717, 1.165) is 38.5 Å². The van der Waals surface area contributed by atoms with Crippen molar-refractivity contribution in [2.45, 2.75) is 38.5 Å². The molecule has 0 nitrogen and oxygen atoms in total. The molecule has 12 aromatic carbocycles. The summed E-state index contributed by atoms with van der Waals surface area (Å²) in [5, 5.41) is 0. The molecular formula is C78H61Br. The van der Waals surface area contributed by atoms with Crippen LogP contribution in [0.1, 0.15) is 66.8 Å². The van der Waals surface area contributed by atoms with E-state index < -0.39 is 0 Å². The SMILES string of the molecule is Br.c1ccc2c(c1)Cc1ccccc1-2.c1ccc2c(c1)Cc1ccccc1-2.c1ccc2c(c1)Cc1ccccc1-2.c1ccc2c(c1)Cc1ccccc1-2.c1ccc2c(c1)Cc1ccccc1-2.c1ccc2c(c1)Cc1ccccc1-2. The van der Waals surface area contributed by atoms with Gasteiger partial charge in [-0.1, -0.05) is 291 Å². The highest BCUT2D eigenvalue weighted by Gasteiger charge is 2.21. The van der Waals surface area contributed by atoms with Crippen LogP contribution in [0, 0.1) is 0 Å². The molecule has 6 aliphatic carbocycles. The minimum Gasteiger partial charge on any atom is -0.114 e. The van der Waals surface area contributed by atoms with Crippen LogP contribution < -0.4 is 0 Å². The first-order valence-electron chi connectivity index (χ1n) is 27.7. The molecule has 0 saturated heterocycles. The summed E-state index contributed by atoms with van der Waals surface area (Å²) >= 11 is 0. The average molecular weight is 1080 g/mol. The highest BCUT2D eigenvalue weighted by molar-refractivity contribution is 8.93. The minimum atomic E-state index is 0. The first-order valence-corrected chi connectivity index (χ1v) is 27.7. The van der Waals surface area contributed by atoms with Crippen molar-refractivity contribution in [1.82, 2.24) is 0 Å². The van der Waals surface area contributed by atoms with Crippen LogP contribution in [0.3, 0.4) is 0 Å². The van der Waals surface area contributed by atoms with E-state index in [2.05, 4.69) is 291 Å². The van der Waals surface area contributed by atoms with Crippen molar-refractivity contribution >= 4 is 17.0 Å². The number of rotatable bonds is 0. The molecule has 0 unspecified atom stereocenters. The predicted octanol–water partition coefficient (Wildman–Crippen LogP) is 20.1. The Morgan fingerprint density at radius 2 is 0.190 bits per heavy atom. The molecule has 12 aromatic rings. The zero-order valence-electron chi connectivity index (χ0n) is 44.4. The molecule has 0 fully saturated rings. The van der Waals surface area contributed by atoms with Crippen molar-refractivity contribution in [1.29, 1.82) is 0 Å². The third-order valence-electron chi connectivity index (χ3n) is 16.2. The monoisotopic (exact) mass is 1080 g/mol. The number of hydrogen-bond donors (Lipinski definition) is 0. The minimum absolute atomic E-state index is 0. The molecule has 0 aliphatic heterocycles.